The molecule has 3 rings (SSSR count). The molecule has 5 nitrogen and oxygen atoms in total. The third-order valence-electron chi connectivity index (χ3n) is 2.99. The van der Waals surface area contributed by atoms with Gasteiger partial charge in [-0.25, -0.2) is 4.98 Å². The van der Waals surface area contributed by atoms with Gasteiger partial charge in [0.15, 0.2) is 5.82 Å². The molecule has 5 heteroatoms. The smallest absolute Gasteiger partial charge is 0.256 e. The molecule has 0 aromatic carbocycles. The van der Waals surface area contributed by atoms with E-state index in [-0.39, 0.29) is 5.56 Å². The topological polar surface area (TPSA) is 67.9 Å². The summed E-state index contributed by atoms with van der Waals surface area (Å²) in [6, 6.07) is 3.82. The van der Waals surface area contributed by atoms with Crippen molar-refractivity contribution in [2.24, 2.45) is 0 Å². The van der Waals surface area contributed by atoms with E-state index >= 15 is 0 Å². The summed E-state index contributed by atoms with van der Waals surface area (Å²) in [5, 5.41) is 0. The molecule has 1 N–H and O–H groups in total. The van der Waals surface area contributed by atoms with E-state index < -0.39 is 0 Å². The lowest BCUT2D eigenvalue weighted by molar-refractivity contribution is 0.108. The number of aryl methyl sites for hydroxylation is 1. The van der Waals surface area contributed by atoms with Crippen LogP contribution in [0.25, 0.3) is 11.5 Å². The molecule has 0 aliphatic carbocycles. The SMILES string of the molecule is Cc1ccnc(-c2nc3c(c(=O)[nH]2)COCC3)c1. The third kappa shape index (κ3) is 1.93. The minimum Gasteiger partial charge on any atom is -0.376 e. The van der Waals surface area contributed by atoms with Crippen molar-refractivity contribution in [2.75, 3.05) is 6.61 Å². The van der Waals surface area contributed by atoms with Crippen LogP contribution in [0.4, 0.5) is 0 Å². The molecule has 3 heterocycles. The van der Waals surface area contributed by atoms with Crippen molar-refractivity contribution < 1.29 is 4.74 Å². The number of nitrogens with one attached hydrogen (secondary N) is 1. The van der Waals surface area contributed by atoms with Crippen LogP contribution < -0.4 is 5.56 Å². The highest BCUT2D eigenvalue weighted by molar-refractivity contribution is 5.50. The van der Waals surface area contributed by atoms with E-state index in [1.54, 1.807) is 6.20 Å². The number of H-pyrrole nitrogens is 1. The van der Waals surface area contributed by atoms with Gasteiger partial charge in [-0.15, -0.1) is 0 Å². The summed E-state index contributed by atoms with van der Waals surface area (Å²) in [7, 11) is 0. The number of pyridine rings is 1. The van der Waals surface area contributed by atoms with Crippen molar-refractivity contribution >= 4 is 0 Å². The Hall–Kier alpha value is -2.01. The van der Waals surface area contributed by atoms with Gasteiger partial charge in [-0.2, -0.15) is 0 Å². The van der Waals surface area contributed by atoms with Crippen LogP contribution in [0.5, 0.6) is 0 Å². The Balaban J connectivity index is 2.14. The van der Waals surface area contributed by atoms with E-state index in [4.69, 9.17) is 4.74 Å². The van der Waals surface area contributed by atoms with Crippen molar-refractivity contribution in [3.8, 4) is 11.5 Å². The monoisotopic (exact) mass is 243 g/mol. The van der Waals surface area contributed by atoms with Gasteiger partial charge in [0, 0.05) is 12.6 Å². The van der Waals surface area contributed by atoms with Gasteiger partial charge in [0.2, 0.25) is 0 Å². The van der Waals surface area contributed by atoms with Gasteiger partial charge in [0.25, 0.3) is 5.56 Å². The molecule has 0 spiro atoms. The fourth-order valence-corrected chi connectivity index (χ4v) is 2.03. The summed E-state index contributed by atoms with van der Waals surface area (Å²) in [6.45, 7) is 2.94. The zero-order chi connectivity index (χ0) is 12.5. The fraction of sp³-hybridized carbons (Fsp3) is 0.308. The predicted molar refractivity (Wildman–Crippen MR) is 66.2 cm³/mol. The number of fused-ring (bicyclic) bond motifs is 1. The molecule has 0 saturated heterocycles. The second-order valence-corrected chi connectivity index (χ2v) is 4.36. The average Bonchev–Trinajstić information content (AvgIpc) is 2.39. The van der Waals surface area contributed by atoms with E-state index in [2.05, 4.69) is 15.0 Å². The van der Waals surface area contributed by atoms with Crippen molar-refractivity contribution in [1.82, 2.24) is 15.0 Å². The lowest BCUT2D eigenvalue weighted by atomic mass is 10.1. The highest BCUT2D eigenvalue weighted by atomic mass is 16.5. The third-order valence-corrected chi connectivity index (χ3v) is 2.99. The molecule has 0 atom stereocenters. The van der Waals surface area contributed by atoms with Gasteiger partial charge in [0.1, 0.15) is 5.69 Å². The maximum atomic E-state index is 11.9. The molecule has 0 saturated carbocycles. The van der Waals surface area contributed by atoms with E-state index in [1.165, 1.54) is 0 Å². The van der Waals surface area contributed by atoms with Gasteiger partial charge >= 0.3 is 0 Å². The van der Waals surface area contributed by atoms with Gasteiger partial charge in [-0.05, 0) is 24.6 Å². The van der Waals surface area contributed by atoms with Crippen LogP contribution in [0.1, 0.15) is 16.8 Å². The number of nitrogens with zero attached hydrogens (tertiary/aromatic N) is 2. The van der Waals surface area contributed by atoms with Crippen LogP contribution in [0.15, 0.2) is 23.1 Å². The molecule has 0 fully saturated rings. The summed E-state index contributed by atoms with van der Waals surface area (Å²) >= 11 is 0. The summed E-state index contributed by atoms with van der Waals surface area (Å²) in [4.78, 5) is 23.4. The average molecular weight is 243 g/mol. The Labute approximate surface area is 104 Å². The minimum atomic E-state index is -0.127. The lowest BCUT2D eigenvalue weighted by Gasteiger charge is -2.15. The zero-order valence-electron chi connectivity index (χ0n) is 10.1. The van der Waals surface area contributed by atoms with Crippen molar-refractivity contribution in [3.05, 3.63) is 45.5 Å². The molecule has 0 radical (unpaired) electrons. The van der Waals surface area contributed by atoms with E-state index in [1.807, 2.05) is 19.1 Å². The number of rotatable bonds is 1. The summed E-state index contributed by atoms with van der Waals surface area (Å²) < 4.78 is 5.27. The van der Waals surface area contributed by atoms with Crippen LogP contribution in [-0.4, -0.2) is 21.6 Å². The molecular weight excluding hydrogens is 230 g/mol. The van der Waals surface area contributed by atoms with E-state index in [0.717, 1.165) is 11.3 Å². The van der Waals surface area contributed by atoms with Crippen molar-refractivity contribution in [2.45, 2.75) is 20.0 Å². The maximum Gasteiger partial charge on any atom is 0.256 e. The molecule has 1 aliphatic heterocycles. The Morgan fingerprint density at radius 2 is 2.33 bits per heavy atom. The minimum absolute atomic E-state index is 0.127. The van der Waals surface area contributed by atoms with Crippen molar-refractivity contribution in [1.29, 1.82) is 0 Å². The van der Waals surface area contributed by atoms with E-state index in [0.29, 0.717) is 36.7 Å². The Morgan fingerprint density at radius 1 is 1.44 bits per heavy atom. The van der Waals surface area contributed by atoms with Crippen LogP contribution in [0, 0.1) is 6.92 Å². The first-order valence-electron chi connectivity index (χ1n) is 5.87. The Kier molecular flexibility index (Phi) is 2.68. The maximum absolute atomic E-state index is 11.9. The van der Waals surface area contributed by atoms with Gasteiger partial charge in [-0.1, -0.05) is 0 Å². The molecule has 0 amide bonds. The Bertz CT molecular complexity index is 649. The van der Waals surface area contributed by atoms with Crippen LogP contribution in [0.3, 0.4) is 0 Å². The molecule has 0 unspecified atom stereocenters. The predicted octanol–water partition coefficient (Wildman–Crippen LogP) is 1.21. The summed E-state index contributed by atoms with van der Waals surface area (Å²) in [5.41, 5.74) is 3.11. The van der Waals surface area contributed by atoms with Crippen molar-refractivity contribution in [3.63, 3.8) is 0 Å². The molecule has 0 bridgehead atoms. The molecule has 1 aliphatic rings. The second kappa shape index (κ2) is 4.34. The van der Waals surface area contributed by atoms with E-state index in [9.17, 15) is 4.79 Å². The second-order valence-electron chi connectivity index (χ2n) is 4.36. The highest BCUT2D eigenvalue weighted by Gasteiger charge is 2.16. The number of hydrogen-bond donors (Lipinski definition) is 1. The largest absolute Gasteiger partial charge is 0.376 e. The van der Waals surface area contributed by atoms with Gasteiger partial charge < -0.3 is 9.72 Å². The lowest BCUT2D eigenvalue weighted by Crippen LogP contribution is -2.24. The fourth-order valence-electron chi connectivity index (χ4n) is 2.03. The molecule has 18 heavy (non-hydrogen) atoms. The molecular formula is C13H13N3O2. The highest BCUT2D eigenvalue weighted by Crippen LogP contribution is 2.16. The van der Waals surface area contributed by atoms with Gasteiger partial charge in [-0.3, -0.25) is 9.78 Å². The normalized spacial score (nSPS) is 14.3. The first-order chi connectivity index (χ1) is 8.74. The van der Waals surface area contributed by atoms with Crippen LogP contribution in [-0.2, 0) is 17.8 Å². The number of aromatic nitrogens is 3. The zero-order valence-corrected chi connectivity index (χ0v) is 10.1. The van der Waals surface area contributed by atoms with Crippen LogP contribution in [0.2, 0.25) is 0 Å². The standard InChI is InChI=1S/C13H13N3O2/c1-8-2-4-14-11(6-8)12-15-10-3-5-18-7-9(10)13(17)16-12/h2,4,6H,3,5,7H2,1H3,(H,15,16,17). The quantitative estimate of drug-likeness (QED) is 0.817. The van der Waals surface area contributed by atoms with Gasteiger partial charge in [0.05, 0.1) is 24.5 Å². The van der Waals surface area contributed by atoms with Crippen LogP contribution >= 0.6 is 0 Å². The first kappa shape index (κ1) is 11.1. The number of aromatic amines is 1. The molecule has 2 aromatic heterocycles. The molecule has 92 valence electrons. The summed E-state index contributed by atoms with van der Waals surface area (Å²) in [6.07, 6.45) is 2.39. The number of hydrogen-bond acceptors (Lipinski definition) is 4. The first-order valence-corrected chi connectivity index (χ1v) is 5.87. The Morgan fingerprint density at radius 3 is 3.17 bits per heavy atom. The number of ether oxygens (including phenoxy) is 1. The summed E-state index contributed by atoms with van der Waals surface area (Å²) in [5.74, 6) is 0.532. The molecule has 2 aromatic rings.